The molecule has 3 rings (SSSR count). The molecule has 0 fully saturated rings. The highest BCUT2D eigenvalue weighted by Crippen LogP contribution is 2.30. The van der Waals surface area contributed by atoms with Crippen molar-refractivity contribution in [2.45, 2.75) is 26.2 Å². The van der Waals surface area contributed by atoms with Gasteiger partial charge in [-0.05, 0) is 23.6 Å². The molecule has 6 heteroatoms. The second-order valence-corrected chi connectivity index (χ2v) is 7.02. The van der Waals surface area contributed by atoms with Crippen LogP contribution in [0.2, 0.25) is 5.02 Å². The van der Waals surface area contributed by atoms with E-state index in [4.69, 9.17) is 16.3 Å². The maximum absolute atomic E-state index is 11.8. The molecule has 0 aliphatic heterocycles. The predicted octanol–water partition coefficient (Wildman–Crippen LogP) is 4.13. The Balaban J connectivity index is 2.25. The van der Waals surface area contributed by atoms with Crippen LogP contribution in [0.3, 0.4) is 0 Å². The minimum atomic E-state index is -0.478. The zero-order valence-corrected chi connectivity index (χ0v) is 14.8. The van der Waals surface area contributed by atoms with E-state index < -0.39 is 5.97 Å². The summed E-state index contributed by atoms with van der Waals surface area (Å²) in [6.45, 7) is 6.29. The first kappa shape index (κ1) is 16.5. The van der Waals surface area contributed by atoms with Crippen molar-refractivity contribution < 1.29 is 9.53 Å². The molecule has 0 aliphatic rings. The van der Waals surface area contributed by atoms with Crippen LogP contribution in [-0.4, -0.2) is 27.7 Å². The number of halogens is 1. The second-order valence-electron chi connectivity index (χ2n) is 6.59. The zero-order valence-electron chi connectivity index (χ0n) is 14.0. The lowest BCUT2D eigenvalue weighted by Gasteiger charge is -2.20. The van der Waals surface area contributed by atoms with Crippen LogP contribution in [0, 0.1) is 0 Å². The molecule has 2 heterocycles. The van der Waals surface area contributed by atoms with Crippen molar-refractivity contribution in [1.29, 1.82) is 0 Å². The van der Waals surface area contributed by atoms with Crippen LogP contribution >= 0.6 is 11.6 Å². The highest BCUT2D eigenvalue weighted by atomic mass is 35.5. The number of hydrogen-bond acceptors (Lipinski definition) is 4. The van der Waals surface area contributed by atoms with Gasteiger partial charge in [-0.25, -0.2) is 14.3 Å². The Bertz CT molecular complexity index is 908. The third-order valence-electron chi connectivity index (χ3n) is 3.77. The first-order valence-electron chi connectivity index (χ1n) is 7.55. The molecule has 0 saturated heterocycles. The molecule has 0 amide bonds. The van der Waals surface area contributed by atoms with Gasteiger partial charge in [0.05, 0.1) is 19.0 Å². The van der Waals surface area contributed by atoms with Crippen LogP contribution in [-0.2, 0) is 10.2 Å². The zero-order chi connectivity index (χ0) is 17.5. The molecule has 0 N–H and O–H groups in total. The van der Waals surface area contributed by atoms with Gasteiger partial charge >= 0.3 is 5.97 Å². The molecule has 5 nitrogen and oxygen atoms in total. The van der Waals surface area contributed by atoms with Crippen molar-refractivity contribution in [3.05, 3.63) is 52.8 Å². The number of imidazole rings is 1. The first-order valence-corrected chi connectivity index (χ1v) is 7.92. The smallest absolute Gasteiger partial charge is 0.358 e. The molecule has 2 aromatic heterocycles. The van der Waals surface area contributed by atoms with E-state index in [9.17, 15) is 4.79 Å². The van der Waals surface area contributed by atoms with E-state index in [1.807, 2.05) is 30.3 Å². The number of nitrogens with zero attached hydrogens (tertiary/aromatic N) is 3. The van der Waals surface area contributed by atoms with Gasteiger partial charge in [0, 0.05) is 16.1 Å². The average Bonchev–Trinajstić information content (AvgIpc) is 2.96. The quantitative estimate of drug-likeness (QED) is 0.656. The fourth-order valence-corrected chi connectivity index (χ4v) is 2.62. The van der Waals surface area contributed by atoms with E-state index in [2.05, 4.69) is 30.9 Å². The molecule has 124 valence electrons. The van der Waals surface area contributed by atoms with Gasteiger partial charge in [-0.15, -0.1) is 0 Å². The van der Waals surface area contributed by atoms with E-state index in [0.717, 1.165) is 16.8 Å². The van der Waals surface area contributed by atoms with Crippen LogP contribution in [0.25, 0.3) is 16.9 Å². The van der Waals surface area contributed by atoms with Gasteiger partial charge in [0.1, 0.15) is 0 Å². The highest BCUT2D eigenvalue weighted by Gasteiger charge is 2.23. The molecule has 0 bridgehead atoms. The van der Waals surface area contributed by atoms with Gasteiger partial charge < -0.3 is 4.74 Å². The fourth-order valence-electron chi connectivity index (χ4n) is 2.49. The molecule has 0 atom stereocenters. The Morgan fingerprint density at radius 3 is 2.46 bits per heavy atom. The van der Waals surface area contributed by atoms with Gasteiger partial charge in [0.25, 0.3) is 0 Å². The lowest BCUT2D eigenvalue weighted by Crippen LogP contribution is -2.14. The van der Waals surface area contributed by atoms with E-state index >= 15 is 0 Å². The fraction of sp³-hybridized carbons (Fsp3) is 0.278. The van der Waals surface area contributed by atoms with E-state index in [1.54, 1.807) is 10.7 Å². The van der Waals surface area contributed by atoms with E-state index in [0.29, 0.717) is 10.7 Å². The van der Waals surface area contributed by atoms with Gasteiger partial charge in [-0.3, -0.25) is 0 Å². The Hall–Kier alpha value is -2.40. The maximum atomic E-state index is 11.8. The Morgan fingerprint density at radius 1 is 1.21 bits per heavy atom. The molecule has 0 saturated carbocycles. The molecule has 0 unspecified atom stereocenters. The third-order valence-corrected chi connectivity index (χ3v) is 4.02. The summed E-state index contributed by atoms with van der Waals surface area (Å²) in [7, 11) is 1.34. The van der Waals surface area contributed by atoms with Gasteiger partial charge in [0.2, 0.25) is 0 Å². The minimum Gasteiger partial charge on any atom is -0.464 e. The number of esters is 1. The average molecular weight is 344 g/mol. The van der Waals surface area contributed by atoms with Crippen LogP contribution in [0.5, 0.6) is 0 Å². The predicted molar refractivity (Wildman–Crippen MR) is 93.5 cm³/mol. The summed E-state index contributed by atoms with van der Waals surface area (Å²) in [4.78, 5) is 16.2. The first-order chi connectivity index (χ1) is 11.3. The summed E-state index contributed by atoms with van der Waals surface area (Å²) in [5, 5.41) is 5.26. The number of hydrogen-bond donors (Lipinski definition) is 0. The van der Waals surface area contributed by atoms with Crippen molar-refractivity contribution in [1.82, 2.24) is 14.6 Å². The summed E-state index contributed by atoms with van der Waals surface area (Å²) in [6, 6.07) is 9.50. The highest BCUT2D eigenvalue weighted by molar-refractivity contribution is 6.30. The van der Waals surface area contributed by atoms with Crippen molar-refractivity contribution >= 4 is 23.2 Å². The number of benzene rings is 1. The molecule has 24 heavy (non-hydrogen) atoms. The van der Waals surface area contributed by atoms with Crippen molar-refractivity contribution in [2.24, 2.45) is 0 Å². The number of ether oxygens (including phenoxy) is 1. The maximum Gasteiger partial charge on any atom is 0.358 e. The molecular weight excluding hydrogens is 326 g/mol. The standard InChI is InChI=1S/C18H18ClN3O2/c1-18(2,3)13-9-14(11-5-7-12(19)8-6-11)21-22-10-15(17(23)24-4)20-16(13)22/h5-10H,1-4H3. The molecule has 3 aromatic rings. The largest absolute Gasteiger partial charge is 0.464 e. The second kappa shape index (κ2) is 5.91. The normalized spacial score (nSPS) is 11.7. The molecule has 0 spiro atoms. The SMILES string of the molecule is COC(=O)c1cn2nc(-c3ccc(Cl)cc3)cc(C(C)(C)C)c2n1. The van der Waals surface area contributed by atoms with E-state index in [-0.39, 0.29) is 11.1 Å². The van der Waals surface area contributed by atoms with Crippen LogP contribution < -0.4 is 0 Å². The van der Waals surface area contributed by atoms with Crippen molar-refractivity contribution in [3.8, 4) is 11.3 Å². The number of carbonyl (C=O) groups is 1. The number of carbonyl (C=O) groups excluding carboxylic acids is 1. The Morgan fingerprint density at radius 2 is 1.88 bits per heavy atom. The molecular formula is C18H18ClN3O2. The van der Waals surface area contributed by atoms with Crippen LogP contribution in [0.15, 0.2) is 36.5 Å². The summed E-state index contributed by atoms with van der Waals surface area (Å²) in [5.74, 6) is -0.478. The lowest BCUT2D eigenvalue weighted by molar-refractivity contribution is 0.0594. The summed E-state index contributed by atoms with van der Waals surface area (Å²) in [6.07, 6.45) is 1.59. The van der Waals surface area contributed by atoms with Crippen LogP contribution in [0.4, 0.5) is 0 Å². The molecule has 0 radical (unpaired) electrons. The number of fused-ring (bicyclic) bond motifs is 1. The lowest BCUT2D eigenvalue weighted by atomic mass is 9.87. The Labute approximate surface area is 145 Å². The minimum absolute atomic E-state index is 0.163. The van der Waals surface area contributed by atoms with Crippen LogP contribution in [0.1, 0.15) is 36.8 Å². The van der Waals surface area contributed by atoms with E-state index in [1.165, 1.54) is 7.11 Å². The summed E-state index contributed by atoms with van der Waals surface area (Å²) < 4.78 is 6.40. The Kier molecular flexibility index (Phi) is 4.05. The van der Waals surface area contributed by atoms with Gasteiger partial charge in [-0.2, -0.15) is 5.10 Å². The van der Waals surface area contributed by atoms with Crippen molar-refractivity contribution in [3.63, 3.8) is 0 Å². The molecule has 1 aromatic carbocycles. The topological polar surface area (TPSA) is 56.5 Å². The monoisotopic (exact) mass is 343 g/mol. The third kappa shape index (κ3) is 2.99. The van der Waals surface area contributed by atoms with Crippen molar-refractivity contribution in [2.75, 3.05) is 7.11 Å². The molecule has 0 aliphatic carbocycles. The van der Waals surface area contributed by atoms with Gasteiger partial charge in [0.15, 0.2) is 11.3 Å². The number of methoxy groups -OCH3 is 1. The summed E-state index contributed by atoms with van der Waals surface area (Å²) in [5.41, 5.74) is 3.46. The van der Waals surface area contributed by atoms with Gasteiger partial charge in [-0.1, -0.05) is 44.5 Å². The number of rotatable bonds is 2. The summed E-state index contributed by atoms with van der Waals surface area (Å²) >= 11 is 5.97. The number of aromatic nitrogens is 3.